The first-order valence-corrected chi connectivity index (χ1v) is 13.7. The van der Waals surface area contributed by atoms with Gasteiger partial charge in [-0.2, -0.15) is 17.5 Å². The van der Waals surface area contributed by atoms with Crippen molar-refractivity contribution in [1.29, 1.82) is 0 Å². The van der Waals surface area contributed by atoms with Crippen molar-refractivity contribution in [2.24, 2.45) is 17.8 Å². The Labute approximate surface area is 203 Å². The predicted molar refractivity (Wildman–Crippen MR) is 123 cm³/mol. The smallest absolute Gasteiger partial charge is 0.390 e. The zero-order valence-electron chi connectivity index (χ0n) is 18.9. The lowest BCUT2D eigenvalue weighted by atomic mass is 9.90. The van der Waals surface area contributed by atoms with E-state index in [4.69, 9.17) is 16.3 Å². The van der Waals surface area contributed by atoms with E-state index in [1.165, 1.54) is 6.42 Å². The van der Waals surface area contributed by atoms with E-state index in [1.807, 2.05) is 0 Å². The fourth-order valence-corrected chi connectivity index (χ4v) is 6.42. The highest BCUT2D eigenvalue weighted by atomic mass is 35.5. The highest BCUT2D eigenvalue weighted by Gasteiger charge is 2.43. The number of sulfonamides is 1. The Balaban J connectivity index is 1.13. The first kappa shape index (κ1) is 25.5. The first-order valence-electron chi connectivity index (χ1n) is 11.7. The molecule has 12 heteroatoms. The van der Waals surface area contributed by atoms with Gasteiger partial charge in [-0.3, -0.25) is 0 Å². The standard InChI is InChI=1S/C22H30ClF3N4O3S/c23-18-14-27-21(28-15-18)29-7-1-16(2-8-29)20-13-17(20)5-11-33-19-3-9-30(10-4-19)34(31,32)12-6-22(24,25)26/h3,14-17,20H,1-2,4-13H2/t17-,20-/m1/s1. The molecule has 0 bridgehead atoms. The first-order chi connectivity index (χ1) is 16.1. The number of ether oxygens (including phenoxy) is 1. The van der Waals surface area contributed by atoms with E-state index in [9.17, 15) is 21.6 Å². The fraction of sp³-hybridized carbons (Fsp3) is 0.727. The molecule has 0 radical (unpaired) electrons. The lowest BCUT2D eigenvalue weighted by molar-refractivity contribution is -0.130. The van der Waals surface area contributed by atoms with Crippen LogP contribution in [0.3, 0.4) is 0 Å². The van der Waals surface area contributed by atoms with Crippen LogP contribution in [0, 0.1) is 17.8 Å². The van der Waals surface area contributed by atoms with E-state index >= 15 is 0 Å². The van der Waals surface area contributed by atoms with Crippen LogP contribution < -0.4 is 4.90 Å². The van der Waals surface area contributed by atoms with Crippen LogP contribution in [0.2, 0.25) is 5.02 Å². The molecule has 0 amide bonds. The summed E-state index contributed by atoms with van der Waals surface area (Å²) >= 11 is 5.86. The second kappa shape index (κ2) is 10.6. The molecule has 190 valence electrons. The molecule has 4 rings (SSSR count). The molecule has 1 aromatic rings. The molecule has 1 saturated heterocycles. The van der Waals surface area contributed by atoms with E-state index in [0.29, 0.717) is 29.9 Å². The number of alkyl halides is 3. The Morgan fingerprint density at radius 2 is 1.85 bits per heavy atom. The van der Waals surface area contributed by atoms with Gasteiger partial charge in [-0.15, -0.1) is 0 Å². The van der Waals surface area contributed by atoms with Crippen LogP contribution in [0.5, 0.6) is 0 Å². The summed E-state index contributed by atoms with van der Waals surface area (Å²) < 4.78 is 68.2. The number of anilines is 1. The number of aromatic nitrogens is 2. The number of piperidine rings is 1. The summed E-state index contributed by atoms with van der Waals surface area (Å²) in [6.45, 7) is 2.71. The van der Waals surface area contributed by atoms with Crippen LogP contribution >= 0.6 is 11.6 Å². The maximum Gasteiger partial charge on any atom is 0.390 e. The quantitative estimate of drug-likeness (QED) is 0.482. The second-order valence-corrected chi connectivity index (χ2v) is 11.8. The molecule has 2 fully saturated rings. The van der Waals surface area contributed by atoms with Crippen LogP contribution in [-0.4, -0.2) is 67.4 Å². The van der Waals surface area contributed by atoms with Crippen molar-refractivity contribution in [1.82, 2.24) is 14.3 Å². The zero-order valence-corrected chi connectivity index (χ0v) is 20.5. The Kier molecular flexibility index (Phi) is 7.93. The topological polar surface area (TPSA) is 75.6 Å². The molecule has 1 aromatic heterocycles. The van der Waals surface area contributed by atoms with Gasteiger partial charge in [0.1, 0.15) is 0 Å². The van der Waals surface area contributed by atoms with Crippen molar-refractivity contribution in [2.75, 3.05) is 43.4 Å². The summed E-state index contributed by atoms with van der Waals surface area (Å²) in [5.74, 6) is 2.65. The van der Waals surface area contributed by atoms with Crippen molar-refractivity contribution < 1.29 is 26.3 Å². The van der Waals surface area contributed by atoms with Gasteiger partial charge >= 0.3 is 6.18 Å². The van der Waals surface area contributed by atoms with Gasteiger partial charge in [-0.25, -0.2) is 18.4 Å². The van der Waals surface area contributed by atoms with Crippen LogP contribution in [0.15, 0.2) is 24.2 Å². The van der Waals surface area contributed by atoms with Gasteiger partial charge in [0.2, 0.25) is 16.0 Å². The third-order valence-electron chi connectivity index (χ3n) is 6.96. The monoisotopic (exact) mass is 522 g/mol. The number of hydrogen-bond donors (Lipinski definition) is 0. The minimum atomic E-state index is -4.48. The summed E-state index contributed by atoms with van der Waals surface area (Å²) in [6, 6.07) is 0. The predicted octanol–water partition coefficient (Wildman–Crippen LogP) is 4.26. The van der Waals surface area contributed by atoms with Crippen LogP contribution in [0.25, 0.3) is 0 Å². The largest absolute Gasteiger partial charge is 0.498 e. The normalized spacial score (nSPS) is 24.7. The van der Waals surface area contributed by atoms with E-state index in [-0.39, 0.29) is 13.1 Å². The SMILES string of the molecule is O=S(=O)(CCC(F)(F)F)N1CC=C(OCC[C@@H]2C[C@@H]2C2CCN(c3ncc(Cl)cn3)CC2)CC1. The zero-order chi connectivity index (χ0) is 24.3. The van der Waals surface area contributed by atoms with Gasteiger partial charge in [0.05, 0.1) is 42.0 Å². The molecule has 34 heavy (non-hydrogen) atoms. The average Bonchev–Trinajstić information content (AvgIpc) is 3.58. The van der Waals surface area contributed by atoms with Crippen molar-refractivity contribution >= 4 is 27.6 Å². The maximum absolute atomic E-state index is 12.3. The number of halogens is 4. The molecule has 7 nitrogen and oxygen atoms in total. The molecule has 0 aromatic carbocycles. The molecular weight excluding hydrogens is 493 g/mol. The van der Waals surface area contributed by atoms with Crippen molar-refractivity contribution in [3.8, 4) is 0 Å². The van der Waals surface area contributed by atoms with E-state index in [1.54, 1.807) is 18.5 Å². The Morgan fingerprint density at radius 3 is 2.47 bits per heavy atom. The summed E-state index contributed by atoms with van der Waals surface area (Å²) in [5, 5.41) is 0.536. The lowest BCUT2D eigenvalue weighted by Gasteiger charge is -2.32. The number of hydrogen-bond acceptors (Lipinski definition) is 6. The molecule has 1 aliphatic carbocycles. The molecule has 0 N–H and O–H groups in total. The number of nitrogens with zero attached hydrogens (tertiary/aromatic N) is 4. The third kappa shape index (κ3) is 6.97. The highest BCUT2D eigenvalue weighted by molar-refractivity contribution is 7.89. The van der Waals surface area contributed by atoms with E-state index in [2.05, 4.69) is 14.9 Å². The molecule has 2 aliphatic heterocycles. The van der Waals surface area contributed by atoms with Gasteiger partial charge in [0.15, 0.2) is 0 Å². The molecule has 3 heterocycles. The minimum Gasteiger partial charge on any atom is -0.498 e. The third-order valence-corrected chi connectivity index (χ3v) is 8.99. The van der Waals surface area contributed by atoms with Crippen molar-refractivity contribution in [3.05, 3.63) is 29.3 Å². The van der Waals surface area contributed by atoms with Gasteiger partial charge in [0.25, 0.3) is 0 Å². The lowest BCUT2D eigenvalue weighted by Crippen LogP contribution is -2.37. The summed E-state index contributed by atoms with van der Waals surface area (Å²) in [5.41, 5.74) is 0. The maximum atomic E-state index is 12.3. The molecule has 0 unspecified atom stereocenters. The Bertz CT molecular complexity index is 967. The molecule has 0 spiro atoms. The highest BCUT2D eigenvalue weighted by Crippen LogP contribution is 2.50. The molecular formula is C22H30ClF3N4O3S. The van der Waals surface area contributed by atoms with Gasteiger partial charge < -0.3 is 9.64 Å². The van der Waals surface area contributed by atoms with E-state index in [0.717, 1.165) is 54.3 Å². The van der Waals surface area contributed by atoms with Gasteiger partial charge in [-0.1, -0.05) is 11.6 Å². The summed E-state index contributed by atoms with van der Waals surface area (Å²) in [7, 11) is -3.91. The molecule has 1 saturated carbocycles. The molecule has 2 atom stereocenters. The minimum absolute atomic E-state index is 0.0669. The summed E-state index contributed by atoms with van der Waals surface area (Å²) in [6.07, 6.45) is 3.95. The van der Waals surface area contributed by atoms with Crippen molar-refractivity contribution in [2.45, 2.75) is 44.7 Å². The number of rotatable bonds is 9. The Morgan fingerprint density at radius 1 is 1.15 bits per heavy atom. The Hall–Kier alpha value is -1.59. The molecule has 3 aliphatic rings. The van der Waals surface area contributed by atoms with E-state index < -0.39 is 28.4 Å². The van der Waals surface area contributed by atoms with Crippen LogP contribution in [0.1, 0.15) is 38.5 Å². The van der Waals surface area contributed by atoms with Crippen LogP contribution in [0.4, 0.5) is 19.1 Å². The average molecular weight is 523 g/mol. The van der Waals surface area contributed by atoms with Crippen molar-refractivity contribution in [3.63, 3.8) is 0 Å². The summed E-state index contributed by atoms with van der Waals surface area (Å²) in [4.78, 5) is 10.8. The van der Waals surface area contributed by atoms with Crippen LogP contribution in [-0.2, 0) is 14.8 Å². The second-order valence-electron chi connectivity index (χ2n) is 9.28. The fourth-order valence-electron chi connectivity index (χ4n) is 4.91. The van der Waals surface area contributed by atoms with Gasteiger partial charge in [-0.05, 0) is 49.5 Å². The van der Waals surface area contributed by atoms with Gasteiger partial charge in [0, 0.05) is 32.6 Å².